The van der Waals surface area contributed by atoms with Crippen molar-refractivity contribution in [3.63, 3.8) is 0 Å². The van der Waals surface area contributed by atoms with Gasteiger partial charge in [0, 0.05) is 6.08 Å². The Labute approximate surface area is 142 Å². The minimum atomic E-state index is -1.12. The maximum absolute atomic E-state index is 12.0. The van der Waals surface area contributed by atoms with Crippen molar-refractivity contribution < 1.29 is 24.2 Å². The quantitative estimate of drug-likeness (QED) is 0.742. The molecule has 3 N–H and O–H groups in total. The third-order valence-corrected chi connectivity index (χ3v) is 3.48. The molecule has 0 aliphatic carbocycles. The van der Waals surface area contributed by atoms with Gasteiger partial charge in [-0.05, 0) is 35.9 Å². The number of rotatable bonds is 4. The molecule has 0 aromatic heterocycles. The number of carboxylic acid groups (broad SMARTS) is 1. The van der Waals surface area contributed by atoms with E-state index < -0.39 is 11.9 Å². The zero-order valence-corrected chi connectivity index (χ0v) is 13.0. The fraction of sp³-hybridized carbons (Fsp3) is 0.0556. The summed E-state index contributed by atoms with van der Waals surface area (Å²) in [5.41, 5.74) is 1.52. The highest BCUT2D eigenvalue weighted by Gasteiger charge is 2.15. The number of aromatic carboxylic acids is 1. The van der Waals surface area contributed by atoms with E-state index in [2.05, 4.69) is 10.6 Å². The summed E-state index contributed by atoms with van der Waals surface area (Å²) in [7, 11) is 0. The second-order valence-corrected chi connectivity index (χ2v) is 5.27. The van der Waals surface area contributed by atoms with Crippen molar-refractivity contribution in [2.24, 2.45) is 0 Å². The van der Waals surface area contributed by atoms with Crippen LogP contribution in [-0.4, -0.2) is 29.5 Å². The van der Waals surface area contributed by atoms with Gasteiger partial charge in [-0.25, -0.2) is 4.79 Å². The molecule has 0 unspecified atom stereocenters. The van der Waals surface area contributed by atoms with Gasteiger partial charge in [0.2, 0.25) is 5.91 Å². The zero-order chi connectivity index (χ0) is 17.8. The van der Waals surface area contributed by atoms with Crippen LogP contribution in [0.15, 0.2) is 48.5 Å². The first-order valence-corrected chi connectivity index (χ1v) is 7.41. The molecule has 0 saturated carbocycles. The van der Waals surface area contributed by atoms with Crippen molar-refractivity contribution in [2.45, 2.75) is 0 Å². The smallest absolute Gasteiger partial charge is 0.337 e. The van der Waals surface area contributed by atoms with Crippen LogP contribution in [0.25, 0.3) is 6.08 Å². The van der Waals surface area contributed by atoms with E-state index in [0.717, 1.165) is 0 Å². The monoisotopic (exact) mass is 338 g/mol. The van der Waals surface area contributed by atoms with E-state index in [0.29, 0.717) is 17.0 Å². The molecular weight excluding hydrogens is 324 g/mol. The van der Waals surface area contributed by atoms with E-state index in [1.54, 1.807) is 36.4 Å². The van der Waals surface area contributed by atoms with E-state index in [1.807, 2.05) is 0 Å². The molecule has 25 heavy (non-hydrogen) atoms. The predicted molar refractivity (Wildman–Crippen MR) is 91.6 cm³/mol. The van der Waals surface area contributed by atoms with Crippen LogP contribution in [-0.2, 0) is 9.59 Å². The molecule has 0 atom stereocenters. The molecular formula is C18H14N2O5. The summed E-state index contributed by atoms with van der Waals surface area (Å²) >= 11 is 0. The highest BCUT2D eigenvalue weighted by atomic mass is 16.5. The molecule has 7 nitrogen and oxygen atoms in total. The summed E-state index contributed by atoms with van der Waals surface area (Å²) < 4.78 is 5.31. The molecule has 0 saturated heterocycles. The Hall–Kier alpha value is -3.61. The first-order chi connectivity index (χ1) is 12.0. The van der Waals surface area contributed by atoms with Gasteiger partial charge in [-0.2, -0.15) is 0 Å². The summed E-state index contributed by atoms with van der Waals surface area (Å²) in [4.78, 5) is 34.4. The number of carboxylic acids is 1. The van der Waals surface area contributed by atoms with Gasteiger partial charge in [0.1, 0.15) is 5.75 Å². The summed E-state index contributed by atoms with van der Waals surface area (Å²) in [6, 6.07) is 11.3. The van der Waals surface area contributed by atoms with Crippen LogP contribution < -0.4 is 15.4 Å². The molecule has 2 aromatic carbocycles. The van der Waals surface area contributed by atoms with Gasteiger partial charge in [-0.15, -0.1) is 0 Å². The average molecular weight is 338 g/mol. The van der Waals surface area contributed by atoms with E-state index in [1.165, 1.54) is 18.2 Å². The molecule has 1 heterocycles. The van der Waals surface area contributed by atoms with Crippen LogP contribution in [0.3, 0.4) is 0 Å². The molecule has 0 bridgehead atoms. The average Bonchev–Trinajstić information content (AvgIpc) is 2.60. The highest BCUT2D eigenvalue weighted by Crippen LogP contribution is 2.28. The lowest BCUT2D eigenvalue weighted by Gasteiger charge is -2.17. The molecule has 0 radical (unpaired) electrons. The van der Waals surface area contributed by atoms with E-state index >= 15 is 0 Å². The number of para-hydroxylation sites is 1. The predicted octanol–water partition coefficient (Wildman–Crippen LogP) is 2.37. The van der Waals surface area contributed by atoms with Crippen LogP contribution in [0, 0.1) is 0 Å². The van der Waals surface area contributed by atoms with Crippen molar-refractivity contribution in [1.29, 1.82) is 0 Å². The SMILES string of the molecule is O=C(/C=C/c1ccc2c(c1)OCC(=O)N2)Nc1ccccc1C(=O)O. The Balaban J connectivity index is 1.71. The molecule has 126 valence electrons. The molecule has 2 amide bonds. The zero-order valence-electron chi connectivity index (χ0n) is 13.0. The number of carbonyl (C=O) groups is 3. The van der Waals surface area contributed by atoms with E-state index in [-0.39, 0.29) is 23.8 Å². The van der Waals surface area contributed by atoms with Crippen molar-refractivity contribution in [3.05, 3.63) is 59.7 Å². The number of hydrogen-bond acceptors (Lipinski definition) is 4. The molecule has 2 aromatic rings. The van der Waals surface area contributed by atoms with Gasteiger partial charge >= 0.3 is 5.97 Å². The number of ether oxygens (including phenoxy) is 1. The second kappa shape index (κ2) is 6.88. The Morgan fingerprint density at radius 1 is 1.20 bits per heavy atom. The van der Waals surface area contributed by atoms with Crippen molar-refractivity contribution in [2.75, 3.05) is 17.2 Å². The number of amides is 2. The van der Waals surface area contributed by atoms with Gasteiger partial charge < -0.3 is 20.5 Å². The maximum atomic E-state index is 12.0. The standard InChI is InChI=1S/C18H14N2O5/c21-16(19-13-4-2-1-3-12(13)18(23)24)8-6-11-5-7-14-15(9-11)25-10-17(22)20-14/h1-9H,10H2,(H,19,21)(H,20,22)(H,23,24)/b8-6+. The second-order valence-electron chi connectivity index (χ2n) is 5.27. The maximum Gasteiger partial charge on any atom is 0.337 e. The Morgan fingerprint density at radius 2 is 2.00 bits per heavy atom. The fourth-order valence-corrected chi connectivity index (χ4v) is 2.32. The third-order valence-electron chi connectivity index (χ3n) is 3.48. The van der Waals surface area contributed by atoms with Crippen LogP contribution in [0.5, 0.6) is 5.75 Å². The van der Waals surface area contributed by atoms with Gasteiger partial charge in [0.15, 0.2) is 6.61 Å². The summed E-state index contributed by atoms with van der Waals surface area (Å²) in [6.07, 6.45) is 2.86. The lowest BCUT2D eigenvalue weighted by molar-refractivity contribution is -0.118. The van der Waals surface area contributed by atoms with Gasteiger partial charge in [-0.1, -0.05) is 18.2 Å². The molecule has 1 aliphatic heterocycles. The number of fused-ring (bicyclic) bond motifs is 1. The summed E-state index contributed by atoms with van der Waals surface area (Å²) in [5.74, 6) is -1.26. The Bertz CT molecular complexity index is 889. The van der Waals surface area contributed by atoms with Crippen LogP contribution in [0.4, 0.5) is 11.4 Å². The van der Waals surface area contributed by atoms with Crippen LogP contribution in [0.1, 0.15) is 15.9 Å². The van der Waals surface area contributed by atoms with Gasteiger partial charge in [0.25, 0.3) is 5.91 Å². The van der Waals surface area contributed by atoms with E-state index in [9.17, 15) is 14.4 Å². The number of anilines is 2. The third kappa shape index (κ3) is 3.84. The fourth-order valence-electron chi connectivity index (χ4n) is 2.32. The van der Waals surface area contributed by atoms with Crippen molar-refractivity contribution in [1.82, 2.24) is 0 Å². The molecule has 7 heteroatoms. The lowest BCUT2D eigenvalue weighted by atomic mass is 10.1. The largest absolute Gasteiger partial charge is 0.482 e. The first-order valence-electron chi connectivity index (χ1n) is 7.41. The number of hydrogen-bond donors (Lipinski definition) is 3. The number of carbonyl (C=O) groups excluding carboxylic acids is 2. The molecule has 0 spiro atoms. The minimum absolute atomic E-state index is 0.0159. The summed E-state index contributed by atoms with van der Waals surface area (Å²) in [5, 5.41) is 14.3. The van der Waals surface area contributed by atoms with Crippen LogP contribution in [0.2, 0.25) is 0 Å². The normalized spacial score (nSPS) is 12.9. The highest BCUT2D eigenvalue weighted by molar-refractivity contribution is 6.06. The number of nitrogens with one attached hydrogen (secondary N) is 2. The number of benzene rings is 2. The van der Waals surface area contributed by atoms with Crippen molar-refractivity contribution >= 4 is 35.2 Å². The van der Waals surface area contributed by atoms with Crippen molar-refractivity contribution in [3.8, 4) is 5.75 Å². The molecule has 0 fully saturated rings. The summed E-state index contributed by atoms with van der Waals surface area (Å²) in [6.45, 7) is -0.0490. The van der Waals surface area contributed by atoms with Gasteiger partial charge in [0.05, 0.1) is 16.9 Å². The molecule has 1 aliphatic rings. The van der Waals surface area contributed by atoms with E-state index in [4.69, 9.17) is 9.84 Å². The Morgan fingerprint density at radius 3 is 2.80 bits per heavy atom. The minimum Gasteiger partial charge on any atom is -0.482 e. The van der Waals surface area contributed by atoms with Crippen LogP contribution >= 0.6 is 0 Å². The molecule has 3 rings (SSSR count). The first kappa shape index (κ1) is 16.3. The van der Waals surface area contributed by atoms with Gasteiger partial charge in [-0.3, -0.25) is 9.59 Å². The topological polar surface area (TPSA) is 105 Å². The Kier molecular flexibility index (Phi) is 4.47. The lowest BCUT2D eigenvalue weighted by Crippen LogP contribution is -2.25.